The Morgan fingerprint density at radius 3 is 2.80 bits per heavy atom. The summed E-state index contributed by atoms with van der Waals surface area (Å²) in [5.74, 6) is 0. The Morgan fingerprint density at radius 1 is 1.60 bits per heavy atom. The SMILES string of the molecule is CC1(Nc2c(Br)cncc2[N+](=O)[O-])CC1. The molecule has 0 atom stereocenters. The van der Waals surface area contributed by atoms with E-state index >= 15 is 0 Å². The van der Waals surface area contributed by atoms with Crippen molar-refractivity contribution in [2.75, 3.05) is 5.32 Å². The van der Waals surface area contributed by atoms with Crippen molar-refractivity contribution in [2.24, 2.45) is 0 Å². The lowest BCUT2D eigenvalue weighted by atomic mass is 10.2. The smallest absolute Gasteiger partial charge is 0.311 e. The van der Waals surface area contributed by atoms with Gasteiger partial charge in [-0.3, -0.25) is 15.1 Å². The molecule has 1 fully saturated rings. The van der Waals surface area contributed by atoms with Crippen LogP contribution in [0.25, 0.3) is 0 Å². The molecule has 80 valence electrons. The van der Waals surface area contributed by atoms with Crippen LogP contribution in [0.15, 0.2) is 16.9 Å². The molecule has 0 aliphatic heterocycles. The third-order valence-electron chi connectivity index (χ3n) is 2.50. The molecule has 6 heteroatoms. The van der Waals surface area contributed by atoms with E-state index in [2.05, 4.69) is 26.2 Å². The Bertz CT molecular complexity index is 418. The molecule has 0 radical (unpaired) electrons. The number of pyridine rings is 1. The maximum atomic E-state index is 10.8. The molecular weight excluding hydrogens is 262 g/mol. The number of rotatable bonds is 3. The van der Waals surface area contributed by atoms with Crippen LogP contribution in [0.4, 0.5) is 11.4 Å². The van der Waals surface area contributed by atoms with Gasteiger partial charge in [-0.15, -0.1) is 0 Å². The minimum absolute atomic E-state index is 0.00856. The van der Waals surface area contributed by atoms with E-state index in [1.54, 1.807) is 6.20 Å². The van der Waals surface area contributed by atoms with Gasteiger partial charge in [0.1, 0.15) is 11.9 Å². The summed E-state index contributed by atoms with van der Waals surface area (Å²) in [5.41, 5.74) is 0.543. The van der Waals surface area contributed by atoms with Crippen LogP contribution in [0, 0.1) is 10.1 Å². The number of halogens is 1. The van der Waals surface area contributed by atoms with Gasteiger partial charge < -0.3 is 5.32 Å². The minimum atomic E-state index is -0.425. The number of nitrogens with one attached hydrogen (secondary N) is 1. The summed E-state index contributed by atoms with van der Waals surface area (Å²) in [5, 5.41) is 14.0. The molecule has 1 aromatic rings. The van der Waals surface area contributed by atoms with E-state index in [-0.39, 0.29) is 11.2 Å². The highest BCUT2D eigenvalue weighted by molar-refractivity contribution is 9.10. The van der Waals surface area contributed by atoms with Crippen LogP contribution in [-0.4, -0.2) is 15.4 Å². The molecule has 0 spiro atoms. The first-order valence-electron chi connectivity index (χ1n) is 4.58. The summed E-state index contributed by atoms with van der Waals surface area (Å²) in [7, 11) is 0. The van der Waals surface area contributed by atoms with Crippen molar-refractivity contribution >= 4 is 27.3 Å². The number of nitrogens with zero attached hydrogens (tertiary/aromatic N) is 2. The topological polar surface area (TPSA) is 68.1 Å². The van der Waals surface area contributed by atoms with Crippen molar-refractivity contribution in [2.45, 2.75) is 25.3 Å². The second-order valence-electron chi connectivity index (χ2n) is 3.96. The molecule has 2 rings (SSSR count). The Morgan fingerprint density at radius 2 is 2.27 bits per heavy atom. The van der Waals surface area contributed by atoms with Crippen molar-refractivity contribution < 1.29 is 4.92 Å². The van der Waals surface area contributed by atoms with Crippen molar-refractivity contribution in [3.8, 4) is 0 Å². The van der Waals surface area contributed by atoms with Crippen LogP contribution >= 0.6 is 15.9 Å². The first-order valence-corrected chi connectivity index (χ1v) is 5.37. The summed E-state index contributed by atoms with van der Waals surface area (Å²) in [6.07, 6.45) is 4.90. The van der Waals surface area contributed by atoms with E-state index in [1.165, 1.54) is 6.20 Å². The average Bonchev–Trinajstić information content (AvgIpc) is 2.87. The predicted octanol–water partition coefficient (Wildman–Crippen LogP) is 2.72. The Kier molecular flexibility index (Phi) is 2.38. The molecule has 0 aromatic carbocycles. The largest absolute Gasteiger partial charge is 0.373 e. The van der Waals surface area contributed by atoms with E-state index in [4.69, 9.17) is 0 Å². The Balaban J connectivity index is 2.38. The lowest BCUT2D eigenvalue weighted by Crippen LogP contribution is -2.17. The van der Waals surface area contributed by atoms with Crippen LogP contribution in [0.5, 0.6) is 0 Å². The van der Waals surface area contributed by atoms with Crippen LogP contribution < -0.4 is 5.32 Å². The number of anilines is 1. The van der Waals surface area contributed by atoms with Crippen LogP contribution in [0.2, 0.25) is 0 Å². The fourth-order valence-corrected chi connectivity index (χ4v) is 1.72. The monoisotopic (exact) mass is 271 g/mol. The maximum absolute atomic E-state index is 10.8. The van der Waals surface area contributed by atoms with Gasteiger partial charge in [-0.05, 0) is 35.7 Å². The van der Waals surface area contributed by atoms with Gasteiger partial charge in [-0.2, -0.15) is 0 Å². The minimum Gasteiger partial charge on any atom is -0.373 e. The van der Waals surface area contributed by atoms with Crippen molar-refractivity contribution in [3.63, 3.8) is 0 Å². The highest BCUT2D eigenvalue weighted by atomic mass is 79.9. The lowest BCUT2D eigenvalue weighted by molar-refractivity contribution is -0.384. The highest BCUT2D eigenvalue weighted by Gasteiger charge is 2.39. The normalized spacial score (nSPS) is 17.2. The van der Waals surface area contributed by atoms with E-state index in [1.807, 2.05) is 6.92 Å². The van der Waals surface area contributed by atoms with Crippen LogP contribution in [-0.2, 0) is 0 Å². The number of hydrogen-bond acceptors (Lipinski definition) is 4. The molecule has 0 amide bonds. The highest BCUT2D eigenvalue weighted by Crippen LogP contribution is 2.42. The number of hydrogen-bond donors (Lipinski definition) is 1. The fraction of sp³-hybridized carbons (Fsp3) is 0.444. The molecular formula is C9H10BrN3O2. The maximum Gasteiger partial charge on any atom is 0.311 e. The zero-order valence-corrected chi connectivity index (χ0v) is 9.74. The van der Waals surface area contributed by atoms with Crippen LogP contribution in [0.3, 0.4) is 0 Å². The molecule has 1 saturated carbocycles. The van der Waals surface area contributed by atoms with Gasteiger partial charge in [-0.1, -0.05) is 0 Å². The lowest BCUT2D eigenvalue weighted by Gasteiger charge is -2.14. The molecule has 0 saturated heterocycles. The Hall–Kier alpha value is -1.17. The van der Waals surface area contributed by atoms with Crippen LogP contribution in [0.1, 0.15) is 19.8 Å². The third kappa shape index (κ3) is 2.09. The zero-order chi connectivity index (χ0) is 11.1. The first-order chi connectivity index (χ1) is 7.02. The molecule has 1 heterocycles. The molecule has 1 aliphatic carbocycles. The zero-order valence-electron chi connectivity index (χ0n) is 8.16. The first kappa shape index (κ1) is 10.4. The van der Waals surface area contributed by atoms with E-state index < -0.39 is 4.92 Å². The van der Waals surface area contributed by atoms with E-state index in [0.29, 0.717) is 10.2 Å². The van der Waals surface area contributed by atoms with Gasteiger partial charge in [0.25, 0.3) is 0 Å². The average molecular weight is 272 g/mol. The summed E-state index contributed by atoms with van der Waals surface area (Å²) in [6.45, 7) is 2.05. The van der Waals surface area contributed by atoms with Crippen molar-refractivity contribution in [3.05, 3.63) is 27.0 Å². The van der Waals surface area contributed by atoms with E-state index in [9.17, 15) is 10.1 Å². The molecule has 0 bridgehead atoms. The summed E-state index contributed by atoms with van der Waals surface area (Å²) < 4.78 is 0.629. The Labute approximate surface area is 95.2 Å². The van der Waals surface area contributed by atoms with E-state index in [0.717, 1.165) is 12.8 Å². The summed E-state index contributed by atoms with van der Waals surface area (Å²) in [6, 6.07) is 0. The van der Waals surface area contributed by atoms with Gasteiger partial charge in [0.15, 0.2) is 0 Å². The fourth-order valence-electron chi connectivity index (χ4n) is 1.30. The number of nitro groups is 1. The van der Waals surface area contributed by atoms with Gasteiger partial charge in [0.2, 0.25) is 0 Å². The standard InChI is InChI=1S/C9H10BrN3O2/c1-9(2-3-9)12-8-6(10)4-11-5-7(8)13(14)15/h4-5H,2-3H2,1H3,(H,11,12). The molecule has 15 heavy (non-hydrogen) atoms. The van der Waals surface area contributed by atoms with Gasteiger partial charge in [-0.25, -0.2) is 0 Å². The quantitative estimate of drug-likeness (QED) is 0.678. The molecule has 1 aromatic heterocycles. The predicted molar refractivity (Wildman–Crippen MR) is 59.9 cm³/mol. The third-order valence-corrected chi connectivity index (χ3v) is 3.10. The molecule has 1 N–H and O–H groups in total. The van der Waals surface area contributed by atoms with Crippen molar-refractivity contribution in [1.29, 1.82) is 0 Å². The van der Waals surface area contributed by atoms with Gasteiger partial charge >= 0.3 is 5.69 Å². The summed E-state index contributed by atoms with van der Waals surface area (Å²) >= 11 is 3.27. The molecule has 0 unspecified atom stereocenters. The number of aromatic nitrogens is 1. The molecule has 1 aliphatic rings. The second kappa shape index (κ2) is 3.44. The summed E-state index contributed by atoms with van der Waals surface area (Å²) in [4.78, 5) is 14.1. The van der Waals surface area contributed by atoms with Gasteiger partial charge in [0, 0.05) is 11.7 Å². The second-order valence-corrected chi connectivity index (χ2v) is 4.81. The molecule has 5 nitrogen and oxygen atoms in total. The van der Waals surface area contributed by atoms with Crippen molar-refractivity contribution in [1.82, 2.24) is 4.98 Å². The van der Waals surface area contributed by atoms with Gasteiger partial charge in [0.05, 0.1) is 9.40 Å².